The summed E-state index contributed by atoms with van der Waals surface area (Å²) in [5.74, 6) is -3.38. The Morgan fingerprint density at radius 3 is 2.08 bits per heavy atom. The van der Waals surface area contributed by atoms with Crippen LogP contribution in [0.2, 0.25) is 0 Å². The summed E-state index contributed by atoms with van der Waals surface area (Å²) in [6.45, 7) is 5.87. The first kappa shape index (κ1) is 44.5. The standard InChI is InChI=1S/C25H26N2O5.C9H14N2O5S.C3H8/c1-17(14-20-12-7-11-19-10-5-6-13-21(19)20)26-24(30)22(15-23(28)29)27-25(31)32-16-18-8-3-2-4-9-18;1-17(16)3-2-7(4-9(14)15)11-8(13)5-10-6-12;1-3-2/h2-13,17,22H,14-16H2,1H3,(H,26,30)(H,27,31)(H,28,29);2-3,6-7H,4-5H2,1H3,(H,10,12)(H,11,13)(H,14,15);3H2,1-2H3/b;3-2+;/t17?,22-;;/m0../s1. The zero-order valence-corrected chi connectivity index (χ0v) is 30.5. The minimum atomic E-state index is -1.24. The van der Waals surface area contributed by atoms with Gasteiger partial charge in [-0.2, -0.15) is 0 Å². The highest BCUT2D eigenvalue weighted by Gasteiger charge is 2.25. The molecule has 4 amide bonds. The van der Waals surface area contributed by atoms with Crippen molar-refractivity contribution in [3.8, 4) is 0 Å². The number of amides is 4. The van der Waals surface area contributed by atoms with Gasteiger partial charge in [-0.15, -0.1) is 0 Å². The molecule has 0 aliphatic carbocycles. The van der Waals surface area contributed by atoms with Crippen molar-refractivity contribution in [2.75, 3.05) is 12.8 Å². The fraction of sp³-hybridized carbons (Fsp3) is 0.351. The van der Waals surface area contributed by atoms with E-state index in [0.29, 0.717) is 12.8 Å². The monoisotopic (exact) mass is 740 g/mol. The van der Waals surface area contributed by atoms with Crippen molar-refractivity contribution in [2.24, 2.45) is 0 Å². The van der Waals surface area contributed by atoms with Crippen LogP contribution in [0.4, 0.5) is 4.79 Å². The molecule has 0 saturated carbocycles. The summed E-state index contributed by atoms with van der Waals surface area (Å²) in [6, 6.07) is 20.8. The van der Waals surface area contributed by atoms with Crippen LogP contribution in [0.5, 0.6) is 0 Å². The van der Waals surface area contributed by atoms with Gasteiger partial charge in [0, 0.05) is 28.5 Å². The number of carboxylic acids is 2. The maximum Gasteiger partial charge on any atom is 0.408 e. The summed E-state index contributed by atoms with van der Waals surface area (Å²) in [4.78, 5) is 67.7. The van der Waals surface area contributed by atoms with E-state index >= 15 is 0 Å². The quantitative estimate of drug-likeness (QED) is 0.110. The minimum Gasteiger partial charge on any atom is -0.481 e. The van der Waals surface area contributed by atoms with Crippen LogP contribution < -0.4 is 21.3 Å². The SMILES string of the molecule is CC(Cc1cccc2ccccc12)NC(=O)[C@H](CC(=O)O)NC(=O)OCc1ccccc1.CCC.CS(=O)/C=C/C(CC(=O)O)NC(=O)CNC=O. The number of rotatable bonds is 17. The van der Waals surface area contributed by atoms with Crippen LogP contribution in [0, 0.1) is 0 Å². The Kier molecular flexibility index (Phi) is 21.7. The van der Waals surface area contributed by atoms with Gasteiger partial charge in [-0.1, -0.05) is 99.1 Å². The van der Waals surface area contributed by atoms with Gasteiger partial charge in [0.2, 0.25) is 18.2 Å². The average Bonchev–Trinajstić information content (AvgIpc) is 3.09. The van der Waals surface area contributed by atoms with Gasteiger partial charge >= 0.3 is 18.0 Å². The van der Waals surface area contributed by atoms with Crippen LogP contribution in [0.15, 0.2) is 84.3 Å². The van der Waals surface area contributed by atoms with E-state index in [1.165, 1.54) is 24.2 Å². The molecule has 0 radical (unpaired) electrons. The third-order valence-electron chi connectivity index (χ3n) is 6.58. The molecular weight excluding hydrogens is 692 g/mol. The molecule has 3 aromatic rings. The number of aliphatic carboxylic acids is 2. The van der Waals surface area contributed by atoms with Crippen molar-refractivity contribution < 1.29 is 47.9 Å². The summed E-state index contributed by atoms with van der Waals surface area (Å²) in [6.07, 6.45) is 3.23. The van der Waals surface area contributed by atoms with Gasteiger partial charge in [-0.3, -0.25) is 28.2 Å². The lowest BCUT2D eigenvalue weighted by atomic mass is 9.99. The fourth-order valence-corrected chi connectivity index (χ4v) is 4.85. The molecule has 0 saturated heterocycles. The van der Waals surface area contributed by atoms with E-state index in [0.717, 1.165) is 21.9 Å². The highest BCUT2D eigenvalue weighted by atomic mass is 32.2. The number of ether oxygens (including phenoxy) is 1. The molecule has 0 aliphatic rings. The second kappa shape index (κ2) is 25.4. The van der Waals surface area contributed by atoms with Crippen LogP contribution in [-0.2, 0) is 52.5 Å². The summed E-state index contributed by atoms with van der Waals surface area (Å²) in [5.41, 5.74) is 1.85. The number of carbonyl (C=O) groups excluding carboxylic acids is 4. The Morgan fingerprint density at radius 1 is 0.846 bits per heavy atom. The Balaban J connectivity index is 0.000000571. The van der Waals surface area contributed by atoms with Crippen molar-refractivity contribution in [1.82, 2.24) is 21.3 Å². The second-order valence-corrected chi connectivity index (χ2v) is 12.7. The van der Waals surface area contributed by atoms with Gasteiger partial charge in [0.1, 0.15) is 12.6 Å². The second-order valence-electron chi connectivity index (χ2n) is 11.4. The van der Waals surface area contributed by atoms with E-state index in [2.05, 4.69) is 35.1 Å². The number of hydrogen-bond acceptors (Lipinski definition) is 8. The molecule has 0 aliphatic heterocycles. The number of alkyl carbamates (subject to hydrolysis) is 1. The molecule has 4 atom stereocenters. The van der Waals surface area contributed by atoms with Gasteiger partial charge in [0.05, 0.1) is 25.4 Å². The molecule has 14 nitrogen and oxygen atoms in total. The zero-order chi connectivity index (χ0) is 38.9. The van der Waals surface area contributed by atoms with Gasteiger partial charge in [0.15, 0.2) is 0 Å². The van der Waals surface area contributed by atoms with Crippen LogP contribution in [0.1, 0.15) is 51.2 Å². The average molecular weight is 741 g/mol. The molecule has 282 valence electrons. The van der Waals surface area contributed by atoms with E-state index in [1.54, 1.807) is 12.1 Å². The molecule has 0 aromatic heterocycles. The summed E-state index contributed by atoms with van der Waals surface area (Å²) >= 11 is 0. The molecule has 0 heterocycles. The molecule has 0 bridgehead atoms. The number of fused-ring (bicyclic) bond motifs is 1. The third kappa shape index (κ3) is 19.6. The first-order valence-electron chi connectivity index (χ1n) is 16.4. The molecule has 6 N–H and O–H groups in total. The highest BCUT2D eigenvalue weighted by molar-refractivity contribution is 7.87. The molecule has 0 fully saturated rings. The number of carbonyl (C=O) groups is 6. The fourth-order valence-electron chi connectivity index (χ4n) is 4.44. The predicted octanol–water partition coefficient (Wildman–Crippen LogP) is 3.66. The van der Waals surface area contributed by atoms with Gasteiger partial charge in [0.25, 0.3) is 0 Å². The van der Waals surface area contributed by atoms with Crippen molar-refractivity contribution in [2.45, 2.75) is 71.2 Å². The van der Waals surface area contributed by atoms with Crippen molar-refractivity contribution in [3.05, 3.63) is 95.4 Å². The van der Waals surface area contributed by atoms with E-state index < -0.39 is 59.2 Å². The molecule has 0 spiro atoms. The Labute approximate surface area is 305 Å². The normalized spacial score (nSPS) is 12.6. The Bertz CT molecular complexity index is 1650. The first-order chi connectivity index (χ1) is 24.8. The lowest BCUT2D eigenvalue weighted by molar-refractivity contribution is -0.140. The van der Waals surface area contributed by atoms with Gasteiger partial charge in [-0.05, 0) is 35.2 Å². The molecule has 3 aromatic carbocycles. The van der Waals surface area contributed by atoms with E-state index in [4.69, 9.17) is 14.9 Å². The first-order valence-corrected chi connectivity index (χ1v) is 18.1. The summed E-state index contributed by atoms with van der Waals surface area (Å²) in [7, 11) is -1.22. The summed E-state index contributed by atoms with van der Waals surface area (Å²) < 4.78 is 15.9. The van der Waals surface area contributed by atoms with Crippen LogP contribution >= 0.6 is 0 Å². The largest absolute Gasteiger partial charge is 0.481 e. The van der Waals surface area contributed by atoms with E-state index in [9.17, 15) is 33.0 Å². The maximum atomic E-state index is 12.7. The van der Waals surface area contributed by atoms with Gasteiger partial charge in [-0.25, -0.2) is 4.79 Å². The van der Waals surface area contributed by atoms with E-state index in [-0.39, 0.29) is 25.6 Å². The molecular formula is C37H48N4O10S. The van der Waals surface area contributed by atoms with Crippen LogP contribution in [-0.4, -0.2) is 81.6 Å². The zero-order valence-electron chi connectivity index (χ0n) is 29.7. The van der Waals surface area contributed by atoms with Crippen molar-refractivity contribution in [3.63, 3.8) is 0 Å². The summed E-state index contributed by atoms with van der Waals surface area (Å²) in [5, 5.41) is 31.0. The van der Waals surface area contributed by atoms with Gasteiger partial charge < -0.3 is 36.2 Å². The number of benzene rings is 3. The maximum absolute atomic E-state index is 12.7. The van der Waals surface area contributed by atoms with Crippen LogP contribution in [0.3, 0.4) is 0 Å². The number of carboxylic acid groups (broad SMARTS) is 2. The number of hydrogen-bond donors (Lipinski definition) is 6. The molecule has 3 rings (SSSR count). The predicted molar refractivity (Wildman–Crippen MR) is 198 cm³/mol. The topological polar surface area (TPSA) is 217 Å². The smallest absolute Gasteiger partial charge is 0.408 e. The lowest BCUT2D eigenvalue weighted by Crippen LogP contribution is -2.50. The third-order valence-corrected chi connectivity index (χ3v) is 7.12. The van der Waals surface area contributed by atoms with Crippen molar-refractivity contribution in [1.29, 1.82) is 0 Å². The number of nitrogens with one attached hydrogen (secondary N) is 4. The highest BCUT2D eigenvalue weighted by Crippen LogP contribution is 2.19. The lowest BCUT2D eigenvalue weighted by Gasteiger charge is -2.21. The minimum absolute atomic E-state index is 0.0194. The van der Waals surface area contributed by atoms with Crippen LogP contribution in [0.25, 0.3) is 10.8 Å². The van der Waals surface area contributed by atoms with E-state index in [1.807, 2.05) is 67.6 Å². The molecule has 52 heavy (non-hydrogen) atoms. The molecule has 3 unspecified atom stereocenters. The molecule has 15 heteroatoms. The van der Waals surface area contributed by atoms with Crippen molar-refractivity contribution >= 4 is 57.8 Å². The Hall–Kier alpha value is -5.57. The Morgan fingerprint density at radius 2 is 1.46 bits per heavy atom.